The molecule has 0 rings (SSSR count). The van der Waals surface area contributed by atoms with Crippen molar-refractivity contribution in [3.63, 3.8) is 0 Å². The predicted molar refractivity (Wildman–Crippen MR) is 53.9 cm³/mol. The Bertz CT molecular complexity index is 339. The molecule has 0 atom stereocenters. The summed E-state index contributed by atoms with van der Waals surface area (Å²) < 4.78 is 0. The number of carboxylic acids is 1. The molecule has 15 heavy (non-hydrogen) atoms. The second kappa shape index (κ2) is 5.81. The second-order valence-electron chi connectivity index (χ2n) is 3.19. The molecule has 1 amide bonds. The molecule has 82 valence electrons. The third kappa shape index (κ3) is 3.81. The fourth-order valence-electron chi connectivity index (χ4n) is 0.926. The Hall–Kier alpha value is -1.83. The molecule has 0 aliphatic heterocycles. The van der Waals surface area contributed by atoms with Gasteiger partial charge in [0.05, 0.1) is 12.5 Å². The molecular weight excluding hydrogens is 196 g/mol. The maximum absolute atomic E-state index is 11.6. The summed E-state index contributed by atoms with van der Waals surface area (Å²) in [5.74, 6) is -1.46. The highest BCUT2D eigenvalue weighted by Crippen LogP contribution is 2.07. The van der Waals surface area contributed by atoms with Crippen LogP contribution in [0.3, 0.4) is 0 Å². The minimum Gasteiger partial charge on any atom is -0.478 e. The molecule has 5 heteroatoms. The maximum Gasteiger partial charge on any atom is 0.331 e. The van der Waals surface area contributed by atoms with E-state index in [1.807, 2.05) is 6.07 Å². The lowest BCUT2D eigenvalue weighted by Crippen LogP contribution is -2.29. The number of nitriles is 1. The zero-order valence-electron chi connectivity index (χ0n) is 9.07. The zero-order chi connectivity index (χ0) is 12.0. The molecule has 0 bridgehead atoms. The van der Waals surface area contributed by atoms with Crippen molar-refractivity contribution in [3.8, 4) is 6.07 Å². The Morgan fingerprint density at radius 1 is 1.33 bits per heavy atom. The maximum atomic E-state index is 11.6. The third-order valence-electron chi connectivity index (χ3n) is 2.11. The first-order chi connectivity index (χ1) is 6.91. The van der Waals surface area contributed by atoms with E-state index in [1.165, 1.54) is 25.8 Å². The van der Waals surface area contributed by atoms with E-state index < -0.39 is 5.97 Å². The Kier molecular flexibility index (Phi) is 5.10. The average molecular weight is 210 g/mol. The van der Waals surface area contributed by atoms with Gasteiger partial charge in [-0.05, 0) is 13.8 Å². The van der Waals surface area contributed by atoms with Gasteiger partial charge in [0.1, 0.15) is 0 Å². The van der Waals surface area contributed by atoms with Crippen molar-refractivity contribution in [2.75, 3.05) is 13.6 Å². The molecule has 0 saturated heterocycles. The normalized spacial score (nSPS) is 11.3. The van der Waals surface area contributed by atoms with Crippen molar-refractivity contribution in [1.29, 1.82) is 5.26 Å². The van der Waals surface area contributed by atoms with E-state index in [9.17, 15) is 9.59 Å². The molecule has 0 saturated carbocycles. The second-order valence-corrected chi connectivity index (χ2v) is 3.19. The van der Waals surface area contributed by atoms with Crippen LogP contribution in [0.4, 0.5) is 0 Å². The van der Waals surface area contributed by atoms with Crippen LogP contribution in [-0.2, 0) is 9.59 Å². The van der Waals surface area contributed by atoms with Crippen molar-refractivity contribution in [2.45, 2.75) is 20.3 Å². The molecule has 0 aromatic rings. The minimum atomic E-state index is -1.10. The first kappa shape index (κ1) is 13.2. The Labute approximate surface area is 88.6 Å². The molecule has 0 heterocycles. The first-order valence-electron chi connectivity index (χ1n) is 4.45. The number of amides is 1. The summed E-state index contributed by atoms with van der Waals surface area (Å²) >= 11 is 0. The quantitative estimate of drug-likeness (QED) is 0.695. The Morgan fingerprint density at radius 3 is 2.27 bits per heavy atom. The largest absolute Gasteiger partial charge is 0.478 e. The van der Waals surface area contributed by atoms with Crippen LogP contribution >= 0.6 is 0 Å². The van der Waals surface area contributed by atoms with Crippen molar-refractivity contribution in [2.24, 2.45) is 0 Å². The fraction of sp³-hybridized carbons (Fsp3) is 0.500. The fourth-order valence-corrected chi connectivity index (χ4v) is 0.926. The van der Waals surface area contributed by atoms with Crippen LogP contribution < -0.4 is 0 Å². The van der Waals surface area contributed by atoms with Crippen LogP contribution in [0.5, 0.6) is 0 Å². The summed E-state index contributed by atoms with van der Waals surface area (Å²) in [7, 11) is 1.54. The van der Waals surface area contributed by atoms with Gasteiger partial charge >= 0.3 is 5.97 Å². The third-order valence-corrected chi connectivity index (χ3v) is 2.11. The smallest absolute Gasteiger partial charge is 0.331 e. The minimum absolute atomic E-state index is 0.0313. The average Bonchev–Trinajstić information content (AvgIpc) is 2.22. The molecule has 5 nitrogen and oxygen atoms in total. The van der Waals surface area contributed by atoms with E-state index in [0.717, 1.165) is 0 Å². The molecule has 0 fully saturated rings. The molecule has 0 aromatic carbocycles. The van der Waals surface area contributed by atoms with Crippen LogP contribution in [0.1, 0.15) is 20.3 Å². The van der Waals surface area contributed by atoms with E-state index in [-0.39, 0.29) is 23.5 Å². The molecule has 0 aromatic heterocycles. The molecular formula is C10H14N2O3. The number of nitrogens with zero attached hydrogens (tertiary/aromatic N) is 2. The molecule has 0 aliphatic rings. The van der Waals surface area contributed by atoms with E-state index >= 15 is 0 Å². The van der Waals surface area contributed by atoms with E-state index in [4.69, 9.17) is 10.4 Å². The monoisotopic (exact) mass is 210 g/mol. The summed E-state index contributed by atoms with van der Waals surface area (Å²) in [4.78, 5) is 23.5. The predicted octanol–water partition coefficient (Wildman–Crippen LogP) is 0.779. The highest BCUT2D eigenvalue weighted by atomic mass is 16.4. The summed E-state index contributed by atoms with van der Waals surface area (Å²) in [6, 6.07) is 1.92. The number of hydrogen-bond acceptors (Lipinski definition) is 3. The van der Waals surface area contributed by atoms with Crippen molar-refractivity contribution in [3.05, 3.63) is 11.1 Å². The Balaban J connectivity index is 4.66. The van der Waals surface area contributed by atoms with Gasteiger partial charge in [0.25, 0.3) is 0 Å². The molecule has 0 unspecified atom stereocenters. The highest BCUT2D eigenvalue weighted by molar-refractivity contribution is 6.01. The van der Waals surface area contributed by atoms with Crippen LogP contribution in [0.15, 0.2) is 11.1 Å². The Morgan fingerprint density at radius 2 is 1.87 bits per heavy atom. The van der Waals surface area contributed by atoms with E-state index in [1.54, 1.807) is 0 Å². The number of carbonyl (C=O) groups excluding carboxylic acids is 1. The SMILES string of the molecule is CC(C(=O)O)=C(C)C(=O)N(C)CCC#N. The van der Waals surface area contributed by atoms with Gasteiger partial charge in [0.15, 0.2) is 0 Å². The van der Waals surface area contributed by atoms with Crippen LogP contribution in [0.25, 0.3) is 0 Å². The molecule has 0 radical (unpaired) electrons. The van der Waals surface area contributed by atoms with Gasteiger partial charge in [-0.3, -0.25) is 4.79 Å². The van der Waals surface area contributed by atoms with Gasteiger partial charge in [0, 0.05) is 24.7 Å². The number of likely N-dealkylation sites (N-methyl/N-ethyl adjacent to an activating group) is 1. The number of hydrogen-bond donors (Lipinski definition) is 1. The molecule has 1 N–H and O–H groups in total. The lowest BCUT2D eigenvalue weighted by molar-refractivity contribution is -0.133. The van der Waals surface area contributed by atoms with Gasteiger partial charge in [-0.1, -0.05) is 0 Å². The van der Waals surface area contributed by atoms with Gasteiger partial charge in [0.2, 0.25) is 5.91 Å². The first-order valence-corrected chi connectivity index (χ1v) is 4.45. The van der Waals surface area contributed by atoms with Gasteiger partial charge in [-0.25, -0.2) is 4.79 Å². The lowest BCUT2D eigenvalue weighted by Gasteiger charge is -2.16. The van der Waals surface area contributed by atoms with E-state index in [2.05, 4.69) is 0 Å². The number of rotatable bonds is 4. The van der Waals surface area contributed by atoms with Gasteiger partial charge < -0.3 is 10.0 Å². The van der Waals surface area contributed by atoms with Crippen LogP contribution in [-0.4, -0.2) is 35.5 Å². The lowest BCUT2D eigenvalue weighted by atomic mass is 10.1. The summed E-state index contributed by atoms with van der Waals surface area (Å²) in [6.45, 7) is 3.15. The standard InChI is InChI=1S/C10H14N2O3/c1-7(8(2)10(14)15)9(13)12(3)6-4-5-11/h4,6H2,1-3H3,(H,14,15). The van der Waals surface area contributed by atoms with Crippen molar-refractivity contribution >= 4 is 11.9 Å². The zero-order valence-corrected chi connectivity index (χ0v) is 9.07. The van der Waals surface area contributed by atoms with Gasteiger partial charge in [-0.2, -0.15) is 5.26 Å². The number of aliphatic carboxylic acids is 1. The van der Waals surface area contributed by atoms with Crippen LogP contribution in [0.2, 0.25) is 0 Å². The van der Waals surface area contributed by atoms with Crippen molar-refractivity contribution < 1.29 is 14.7 Å². The topological polar surface area (TPSA) is 81.4 Å². The molecule has 0 aliphatic carbocycles. The van der Waals surface area contributed by atoms with Crippen molar-refractivity contribution in [1.82, 2.24) is 4.90 Å². The van der Waals surface area contributed by atoms with Crippen LogP contribution in [0, 0.1) is 11.3 Å². The number of carbonyl (C=O) groups is 2. The summed E-state index contributed by atoms with van der Waals surface area (Å²) in [6.07, 6.45) is 0.238. The van der Waals surface area contributed by atoms with Gasteiger partial charge in [-0.15, -0.1) is 0 Å². The summed E-state index contributed by atoms with van der Waals surface area (Å²) in [5, 5.41) is 17.0. The van der Waals surface area contributed by atoms with E-state index in [0.29, 0.717) is 6.54 Å². The highest BCUT2D eigenvalue weighted by Gasteiger charge is 2.15. The number of carboxylic acid groups (broad SMARTS) is 1. The summed E-state index contributed by atoms with van der Waals surface area (Å²) in [5.41, 5.74) is 0.228. The molecule has 0 spiro atoms.